The molecule has 120 valence electrons. The van der Waals surface area contributed by atoms with Gasteiger partial charge in [0.05, 0.1) is 26.0 Å². The van der Waals surface area contributed by atoms with E-state index in [1.165, 1.54) is 6.92 Å². The molecule has 1 heterocycles. The highest BCUT2D eigenvalue weighted by molar-refractivity contribution is 7.85. The lowest BCUT2D eigenvalue weighted by Crippen LogP contribution is -2.23. The van der Waals surface area contributed by atoms with E-state index in [0.29, 0.717) is 0 Å². The van der Waals surface area contributed by atoms with Crippen LogP contribution in [0.4, 0.5) is 0 Å². The maximum absolute atomic E-state index is 10.7. The number of hydrogen-bond donors (Lipinski definition) is 1. The topological polar surface area (TPSA) is 89.5 Å². The van der Waals surface area contributed by atoms with Crippen LogP contribution in [0.2, 0.25) is 0 Å². The van der Waals surface area contributed by atoms with Crippen molar-refractivity contribution in [3.63, 3.8) is 0 Å². The van der Waals surface area contributed by atoms with Crippen molar-refractivity contribution in [2.45, 2.75) is 26.8 Å². The van der Waals surface area contributed by atoms with E-state index in [9.17, 15) is 13.2 Å². The van der Waals surface area contributed by atoms with Crippen LogP contribution in [-0.4, -0.2) is 35.9 Å². The average molecular weight is 319 g/mol. The van der Waals surface area contributed by atoms with Gasteiger partial charge >= 0.3 is 5.97 Å². The fraction of sp³-hybridized carbons (Fsp3) is 0.538. The summed E-state index contributed by atoms with van der Waals surface area (Å²) in [4.78, 5) is 10.7. The molecule has 21 heavy (non-hydrogen) atoms. The van der Waals surface area contributed by atoms with Crippen molar-refractivity contribution < 1.29 is 27.1 Å². The number of esters is 1. The zero-order valence-corrected chi connectivity index (χ0v) is 13.5. The summed E-state index contributed by atoms with van der Waals surface area (Å²) in [6.07, 6.45) is 6.22. The summed E-state index contributed by atoms with van der Waals surface area (Å²) in [6, 6.07) is 0. The highest BCUT2D eigenvalue weighted by Gasteiger charge is 2.06. The van der Waals surface area contributed by atoms with Crippen LogP contribution in [-0.2, 0) is 33.2 Å². The lowest BCUT2D eigenvalue weighted by Gasteiger charge is -2.02. The Morgan fingerprint density at radius 1 is 1.48 bits per heavy atom. The number of aryl methyl sites for hydroxylation is 2. The molecule has 0 aliphatic carbocycles. The molecule has 0 unspecified atom stereocenters. The molecular weight excluding hydrogens is 296 g/mol. The number of carbonyl (C=O) groups is 1. The van der Waals surface area contributed by atoms with Crippen LogP contribution < -0.4 is 4.57 Å². The van der Waals surface area contributed by atoms with Crippen LogP contribution in [0.15, 0.2) is 30.9 Å². The molecule has 0 aliphatic rings. The van der Waals surface area contributed by atoms with Crippen molar-refractivity contribution in [1.82, 2.24) is 4.57 Å². The first-order valence-corrected chi connectivity index (χ1v) is 8.05. The van der Waals surface area contributed by atoms with E-state index < -0.39 is 21.8 Å². The van der Waals surface area contributed by atoms with E-state index >= 15 is 0 Å². The first kappa shape index (κ1) is 19.3. The quantitative estimate of drug-likeness (QED) is 0.274. The second kappa shape index (κ2) is 9.30. The number of carbonyl (C=O) groups excluding carboxylic acids is 1. The third-order valence-electron chi connectivity index (χ3n) is 2.32. The first-order chi connectivity index (χ1) is 9.65. The summed E-state index contributed by atoms with van der Waals surface area (Å²) in [5, 5.41) is 0. The molecule has 0 aliphatic heterocycles. The van der Waals surface area contributed by atoms with Crippen molar-refractivity contribution in [3.05, 3.63) is 30.9 Å². The average Bonchev–Trinajstić information content (AvgIpc) is 2.80. The van der Waals surface area contributed by atoms with Gasteiger partial charge in [0.15, 0.2) is 0 Å². The highest BCUT2D eigenvalue weighted by atomic mass is 32.2. The molecule has 0 radical (unpaired) electrons. The Balaban J connectivity index is 0.000000423. The molecule has 0 aromatic carbocycles. The maximum atomic E-state index is 10.7. The standard InChI is InChI=1S/C7H12O5S.C6H11N2/c1-6(2)7(8)12-4-3-5-13(9,10)11;1-3-8-5-4-7(2)6-8/h1,3-5H2,2H3,(H,9,10,11);4-6H,3H2,1-2H3/q;+1. The van der Waals surface area contributed by atoms with Crippen LogP contribution in [0.1, 0.15) is 20.3 Å². The molecule has 1 aromatic rings. The molecule has 8 heteroatoms. The Bertz CT molecular complexity index is 563. The molecule has 0 fully saturated rings. The van der Waals surface area contributed by atoms with Gasteiger partial charge in [-0.3, -0.25) is 4.55 Å². The molecule has 1 aromatic heterocycles. The molecular formula is C13H23N2O5S+. The van der Waals surface area contributed by atoms with Gasteiger partial charge in [-0.05, 0) is 20.3 Å². The van der Waals surface area contributed by atoms with Crippen molar-refractivity contribution in [3.8, 4) is 0 Å². The molecule has 1 rings (SSSR count). The minimum Gasteiger partial charge on any atom is -0.462 e. The van der Waals surface area contributed by atoms with E-state index in [2.05, 4.69) is 35.3 Å². The number of hydrogen-bond acceptors (Lipinski definition) is 4. The zero-order valence-electron chi connectivity index (χ0n) is 12.7. The number of ether oxygens (including phenoxy) is 1. The summed E-state index contributed by atoms with van der Waals surface area (Å²) in [6.45, 7) is 7.98. The fourth-order valence-corrected chi connectivity index (χ4v) is 1.70. The summed E-state index contributed by atoms with van der Waals surface area (Å²) < 4.78 is 37.5. The van der Waals surface area contributed by atoms with Crippen LogP contribution in [0, 0.1) is 0 Å². The van der Waals surface area contributed by atoms with Gasteiger partial charge in [0, 0.05) is 5.57 Å². The third kappa shape index (κ3) is 10.7. The molecule has 0 saturated carbocycles. The molecule has 0 amide bonds. The van der Waals surface area contributed by atoms with Crippen molar-refractivity contribution in [1.29, 1.82) is 0 Å². The van der Waals surface area contributed by atoms with Crippen LogP contribution in [0.25, 0.3) is 0 Å². The minimum absolute atomic E-state index is 0.0362. The van der Waals surface area contributed by atoms with Crippen molar-refractivity contribution >= 4 is 16.1 Å². The van der Waals surface area contributed by atoms with Crippen LogP contribution in [0.5, 0.6) is 0 Å². The normalized spacial score (nSPS) is 10.5. The van der Waals surface area contributed by atoms with Crippen molar-refractivity contribution in [2.24, 2.45) is 7.05 Å². The van der Waals surface area contributed by atoms with Gasteiger partial charge in [0.25, 0.3) is 10.1 Å². The third-order valence-corrected chi connectivity index (χ3v) is 3.12. The van der Waals surface area contributed by atoms with E-state index in [0.717, 1.165) is 6.54 Å². The lowest BCUT2D eigenvalue weighted by atomic mass is 10.4. The summed E-state index contributed by atoms with van der Waals surface area (Å²) in [5.41, 5.74) is 0.256. The Labute approximate surface area is 125 Å². The number of imidazole rings is 1. The van der Waals surface area contributed by atoms with Gasteiger partial charge in [0.1, 0.15) is 12.4 Å². The van der Waals surface area contributed by atoms with E-state index in [4.69, 9.17) is 4.55 Å². The van der Waals surface area contributed by atoms with Crippen LogP contribution in [0.3, 0.4) is 0 Å². The Morgan fingerprint density at radius 3 is 2.43 bits per heavy atom. The van der Waals surface area contributed by atoms with Gasteiger partial charge in [-0.15, -0.1) is 0 Å². The number of nitrogens with zero attached hydrogens (tertiary/aromatic N) is 2. The predicted octanol–water partition coefficient (Wildman–Crippen LogP) is 0.716. The molecule has 0 saturated heterocycles. The van der Waals surface area contributed by atoms with Gasteiger partial charge in [-0.2, -0.15) is 8.42 Å². The second-order valence-electron chi connectivity index (χ2n) is 4.47. The predicted molar refractivity (Wildman–Crippen MR) is 78.1 cm³/mol. The molecule has 0 bridgehead atoms. The van der Waals surface area contributed by atoms with E-state index in [-0.39, 0.29) is 18.6 Å². The summed E-state index contributed by atoms with van der Waals surface area (Å²) in [5.74, 6) is -0.966. The van der Waals surface area contributed by atoms with Gasteiger partial charge in [-0.25, -0.2) is 13.9 Å². The molecule has 0 atom stereocenters. The largest absolute Gasteiger partial charge is 0.462 e. The smallest absolute Gasteiger partial charge is 0.333 e. The minimum atomic E-state index is -3.96. The lowest BCUT2D eigenvalue weighted by molar-refractivity contribution is -0.671. The Kier molecular flexibility index (Phi) is 8.56. The molecule has 1 N–H and O–H groups in total. The van der Waals surface area contributed by atoms with Gasteiger partial charge < -0.3 is 4.74 Å². The van der Waals surface area contributed by atoms with Crippen molar-refractivity contribution in [2.75, 3.05) is 12.4 Å². The molecule has 0 spiro atoms. The maximum Gasteiger partial charge on any atom is 0.333 e. The zero-order chi connectivity index (χ0) is 16.5. The first-order valence-electron chi connectivity index (χ1n) is 6.44. The number of rotatable bonds is 6. The van der Waals surface area contributed by atoms with Crippen LogP contribution >= 0.6 is 0 Å². The Morgan fingerprint density at radius 2 is 2.10 bits per heavy atom. The van der Waals surface area contributed by atoms with Gasteiger partial charge in [-0.1, -0.05) is 6.58 Å². The van der Waals surface area contributed by atoms with Gasteiger partial charge in [0.2, 0.25) is 6.33 Å². The molecule has 7 nitrogen and oxygen atoms in total. The summed E-state index contributed by atoms with van der Waals surface area (Å²) in [7, 11) is -1.94. The highest BCUT2D eigenvalue weighted by Crippen LogP contribution is 1.95. The van der Waals surface area contributed by atoms with E-state index in [1.807, 2.05) is 17.8 Å². The number of aromatic nitrogens is 2. The van der Waals surface area contributed by atoms with E-state index in [1.54, 1.807) is 0 Å². The Hall–Kier alpha value is -1.67. The second-order valence-corrected chi connectivity index (χ2v) is 6.04. The monoisotopic (exact) mass is 319 g/mol. The summed E-state index contributed by atoms with van der Waals surface area (Å²) >= 11 is 0. The fourth-order valence-electron chi connectivity index (χ4n) is 1.22. The SMILES string of the molecule is C=C(C)C(=O)OCCCS(=O)(=O)O.CCn1cc[n+](C)c1.